The van der Waals surface area contributed by atoms with Crippen LogP contribution in [0.15, 0.2) is 35.6 Å². The van der Waals surface area contributed by atoms with Crippen molar-refractivity contribution < 1.29 is 4.74 Å². The van der Waals surface area contributed by atoms with Crippen LogP contribution in [0.3, 0.4) is 0 Å². The molecule has 1 aromatic heterocycles. The zero-order chi connectivity index (χ0) is 19.8. The second-order valence-electron chi connectivity index (χ2n) is 7.17. The molecule has 0 radical (unpaired) electrons. The first-order valence-corrected chi connectivity index (χ1v) is 9.80. The summed E-state index contributed by atoms with van der Waals surface area (Å²) in [7, 11) is 5.39. The highest BCUT2D eigenvalue weighted by Crippen LogP contribution is 2.19. The first kappa shape index (κ1) is 20.1. The van der Waals surface area contributed by atoms with Crippen molar-refractivity contribution in [3.63, 3.8) is 0 Å². The molecular formula is C20H31N7O. The van der Waals surface area contributed by atoms with Crippen molar-refractivity contribution in [2.24, 2.45) is 18.0 Å². The summed E-state index contributed by atoms with van der Waals surface area (Å²) in [4.78, 5) is 11.0. The van der Waals surface area contributed by atoms with Gasteiger partial charge in [-0.25, -0.2) is 4.98 Å². The van der Waals surface area contributed by atoms with Crippen molar-refractivity contribution in [2.45, 2.75) is 25.9 Å². The Hall–Kier alpha value is -2.61. The molecule has 1 fully saturated rings. The third-order valence-electron chi connectivity index (χ3n) is 5.27. The number of nitrogens with one attached hydrogen (secondary N) is 2. The van der Waals surface area contributed by atoms with Gasteiger partial charge in [-0.15, -0.1) is 0 Å². The molecular weight excluding hydrogens is 354 g/mol. The normalized spacial score (nSPS) is 16.2. The lowest BCUT2D eigenvalue weighted by Gasteiger charge is -2.32. The molecule has 8 heteroatoms. The highest BCUT2D eigenvalue weighted by Gasteiger charge is 2.19. The molecule has 1 aliphatic heterocycles. The minimum absolute atomic E-state index is 0.608. The molecule has 2 heterocycles. The average Bonchev–Trinajstić information content (AvgIpc) is 3.14. The number of guanidine groups is 1. The van der Waals surface area contributed by atoms with Crippen LogP contribution in [0.1, 0.15) is 24.2 Å². The van der Waals surface area contributed by atoms with E-state index in [1.165, 1.54) is 18.4 Å². The number of nitrogens with zero attached hydrogens (tertiary/aromatic N) is 5. The van der Waals surface area contributed by atoms with E-state index in [0.717, 1.165) is 43.7 Å². The van der Waals surface area contributed by atoms with Gasteiger partial charge >= 0.3 is 0 Å². The van der Waals surface area contributed by atoms with E-state index >= 15 is 0 Å². The molecule has 1 aliphatic rings. The number of aliphatic imine (C=N–C) groups is 1. The Morgan fingerprint density at radius 1 is 1.21 bits per heavy atom. The fourth-order valence-electron chi connectivity index (χ4n) is 3.44. The Labute approximate surface area is 167 Å². The molecule has 8 nitrogen and oxygen atoms in total. The van der Waals surface area contributed by atoms with Gasteiger partial charge in [-0.1, -0.05) is 12.1 Å². The monoisotopic (exact) mass is 385 g/mol. The van der Waals surface area contributed by atoms with Gasteiger partial charge in [0.25, 0.3) is 0 Å². The molecule has 2 aromatic rings. The zero-order valence-corrected chi connectivity index (χ0v) is 17.1. The fraction of sp³-hybridized carbons (Fsp3) is 0.550. The summed E-state index contributed by atoms with van der Waals surface area (Å²) < 4.78 is 6.99. The predicted octanol–water partition coefficient (Wildman–Crippen LogP) is 1.40. The summed E-state index contributed by atoms with van der Waals surface area (Å²) in [6.07, 6.45) is 3.96. The van der Waals surface area contributed by atoms with Gasteiger partial charge in [0, 0.05) is 27.2 Å². The van der Waals surface area contributed by atoms with E-state index in [2.05, 4.69) is 42.7 Å². The van der Waals surface area contributed by atoms with Crippen LogP contribution in [0.4, 0.5) is 0 Å². The Bertz CT molecular complexity index is 748. The number of aryl methyl sites for hydroxylation is 1. The Morgan fingerprint density at radius 3 is 2.57 bits per heavy atom. The van der Waals surface area contributed by atoms with Crippen LogP contribution in [0.2, 0.25) is 0 Å². The van der Waals surface area contributed by atoms with Crippen molar-refractivity contribution in [2.75, 3.05) is 33.8 Å². The van der Waals surface area contributed by atoms with E-state index in [0.29, 0.717) is 12.5 Å². The summed E-state index contributed by atoms with van der Waals surface area (Å²) in [5.74, 6) is 3.27. The van der Waals surface area contributed by atoms with Gasteiger partial charge in [0.1, 0.15) is 17.9 Å². The minimum Gasteiger partial charge on any atom is -0.497 e. The van der Waals surface area contributed by atoms with E-state index in [1.54, 1.807) is 25.2 Å². The third kappa shape index (κ3) is 5.69. The summed E-state index contributed by atoms with van der Waals surface area (Å²) in [6, 6.07) is 8.37. The number of benzene rings is 1. The number of rotatable bonds is 7. The van der Waals surface area contributed by atoms with Crippen molar-refractivity contribution in [3.05, 3.63) is 42.0 Å². The van der Waals surface area contributed by atoms with Gasteiger partial charge < -0.3 is 15.4 Å². The topological polar surface area (TPSA) is 79.6 Å². The number of hydrogen-bond donors (Lipinski definition) is 2. The van der Waals surface area contributed by atoms with Crippen LogP contribution in [-0.4, -0.2) is 59.4 Å². The second kappa shape index (κ2) is 10.1. The van der Waals surface area contributed by atoms with E-state index in [1.807, 2.05) is 19.2 Å². The maximum absolute atomic E-state index is 5.23. The van der Waals surface area contributed by atoms with E-state index in [4.69, 9.17) is 4.74 Å². The van der Waals surface area contributed by atoms with Crippen molar-refractivity contribution in [1.29, 1.82) is 0 Å². The van der Waals surface area contributed by atoms with Gasteiger partial charge in [0.05, 0.1) is 13.7 Å². The SMILES string of the molecule is CN=C(NCc1ncnn1C)NCC1CCN(Cc2ccc(OC)cc2)CC1. The van der Waals surface area contributed by atoms with Crippen LogP contribution in [0.5, 0.6) is 5.75 Å². The zero-order valence-electron chi connectivity index (χ0n) is 17.1. The van der Waals surface area contributed by atoms with Crippen LogP contribution < -0.4 is 15.4 Å². The van der Waals surface area contributed by atoms with E-state index < -0.39 is 0 Å². The number of hydrogen-bond acceptors (Lipinski definition) is 5. The van der Waals surface area contributed by atoms with Gasteiger partial charge in [0.2, 0.25) is 0 Å². The summed E-state index contributed by atoms with van der Waals surface area (Å²) in [6.45, 7) is 4.81. The molecule has 0 aliphatic carbocycles. The molecule has 1 saturated heterocycles. The molecule has 152 valence electrons. The maximum atomic E-state index is 5.23. The number of piperidine rings is 1. The smallest absolute Gasteiger partial charge is 0.191 e. The number of likely N-dealkylation sites (tertiary alicyclic amines) is 1. The van der Waals surface area contributed by atoms with Crippen LogP contribution in [0, 0.1) is 5.92 Å². The summed E-state index contributed by atoms with van der Waals surface area (Å²) in [5, 5.41) is 10.8. The highest BCUT2D eigenvalue weighted by atomic mass is 16.5. The first-order chi connectivity index (χ1) is 13.7. The molecule has 0 spiro atoms. The third-order valence-corrected chi connectivity index (χ3v) is 5.27. The average molecular weight is 386 g/mol. The standard InChI is InChI=1S/C20H31N7O/c1-21-20(23-13-19-24-15-25-26(19)2)22-12-16-8-10-27(11-9-16)14-17-4-6-18(28-3)7-5-17/h4-7,15-16H,8-14H2,1-3H3,(H2,21,22,23). The lowest BCUT2D eigenvalue weighted by molar-refractivity contribution is 0.178. The van der Waals surface area contributed by atoms with Crippen LogP contribution in [-0.2, 0) is 20.1 Å². The van der Waals surface area contributed by atoms with E-state index in [-0.39, 0.29) is 0 Å². The molecule has 0 atom stereocenters. The van der Waals surface area contributed by atoms with Gasteiger partial charge in [-0.3, -0.25) is 14.6 Å². The molecule has 28 heavy (non-hydrogen) atoms. The molecule has 0 bridgehead atoms. The van der Waals surface area contributed by atoms with Crippen molar-refractivity contribution >= 4 is 5.96 Å². The Kier molecular flexibility index (Phi) is 7.25. The van der Waals surface area contributed by atoms with Crippen molar-refractivity contribution in [3.8, 4) is 5.75 Å². The number of aromatic nitrogens is 3. The van der Waals surface area contributed by atoms with Crippen LogP contribution >= 0.6 is 0 Å². The lowest BCUT2D eigenvalue weighted by Crippen LogP contribution is -2.42. The fourth-order valence-corrected chi connectivity index (χ4v) is 3.44. The summed E-state index contributed by atoms with van der Waals surface area (Å²) in [5.41, 5.74) is 1.34. The van der Waals surface area contributed by atoms with Crippen molar-refractivity contribution in [1.82, 2.24) is 30.3 Å². The number of methoxy groups -OCH3 is 1. The first-order valence-electron chi connectivity index (χ1n) is 9.80. The lowest BCUT2D eigenvalue weighted by atomic mass is 9.96. The van der Waals surface area contributed by atoms with Crippen LogP contribution in [0.25, 0.3) is 0 Å². The van der Waals surface area contributed by atoms with Gasteiger partial charge in [0.15, 0.2) is 5.96 Å². The Balaban J connectivity index is 1.36. The van der Waals surface area contributed by atoms with E-state index in [9.17, 15) is 0 Å². The Morgan fingerprint density at radius 2 is 1.96 bits per heavy atom. The molecule has 0 unspecified atom stereocenters. The maximum Gasteiger partial charge on any atom is 0.191 e. The molecule has 0 saturated carbocycles. The summed E-state index contributed by atoms with van der Waals surface area (Å²) >= 11 is 0. The molecule has 0 amide bonds. The molecule has 2 N–H and O–H groups in total. The number of ether oxygens (including phenoxy) is 1. The van der Waals surface area contributed by atoms with Gasteiger partial charge in [-0.05, 0) is 49.5 Å². The van der Waals surface area contributed by atoms with Gasteiger partial charge in [-0.2, -0.15) is 5.10 Å². The highest BCUT2D eigenvalue weighted by molar-refractivity contribution is 5.79. The quantitative estimate of drug-likeness (QED) is 0.554. The second-order valence-corrected chi connectivity index (χ2v) is 7.17. The largest absolute Gasteiger partial charge is 0.497 e. The molecule has 3 rings (SSSR count). The predicted molar refractivity (Wildman–Crippen MR) is 110 cm³/mol. The molecule has 1 aromatic carbocycles. The minimum atomic E-state index is 0.608.